The quantitative estimate of drug-likeness (QED) is 0.502. The molecule has 0 atom stereocenters. The van der Waals surface area contributed by atoms with Crippen LogP contribution in [0.4, 0.5) is 0 Å². The second kappa shape index (κ2) is 10.5. The van der Waals surface area contributed by atoms with Gasteiger partial charge in [-0.1, -0.05) is 79.9 Å². The van der Waals surface area contributed by atoms with Gasteiger partial charge in [-0.25, -0.2) is 0 Å². The second-order valence-corrected chi connectivity index (χ2v) is 7.74. The third-order valence-electron chi connectivity index (χ3n) is 5.56. The van der Waals surface area contributed by atoms with Gasteiger partial charge in [-0.3, -0.25) is 4.79 Å². The van der Waals surface area contributed by atoms with Gasteiger partial charge in [0.2, 0.25) is 0 Å². The van der Waals surface area contributed by atoms with Gasteiger partial charge in [0.05, 0.1) is 0 Å². The lowest BCUT2D eigenvalue weighted by Gasteiger charge is -2.31. The van der Waals surface area contributed by atoms with Gasteiger partial charge in [-0.05, 0) is 24.0 Å². The zero-order valence-electron chi connectivity index (χ0n) is 17.1. The molecule has 0 aromatic heterocycles. The summed E-state index contributed by atoms with van der Waals surface area (Å²) in [5.74, 6) is -0.175. The maximum absolute atomic E-state index is 13.0. The van der Waals surface area contributed by atoms with Gasteiger partial charge in [0.25, 0.3) is 5.91 Å². The van der Waals surface area contributed by atoms with E-state index in [9.17, 15) is 10.1 Å². The SMILES string of the molecule is CN(C(=O)/C(C#N)=C\N(Cc1ccccc1)Cc1ccccc1)C1CCCCC1. The van der Waals surface area contributed by atoms with E-state index in [1.165, 1.54) is 6.42 Å². The van der Waals surface area contributed by atoms with E-state index in [2.05, 4.69) is 35.2 Å². The van der Waals surface area contributed by atoms with Crippen molar-refractivity contribution in [2.24, 2.45) is 0 Å². The van der Waals surface area contributed by atoms with Gasteiger partial charge in [0.1, 0.15) is 11.6 Å². The highest BCUT2D eigenvalue weighted by Gasteiger charge is 2.25. The minimum absolute atomic E-state index is 0.175. The number of likely N-dealkylation sites (N-methyl/N-ethyl adjacent to an activating group) is 1. The first-order chi connectivity index (χ1) is 14.2. The molecule has 29 heavy (non-hydrogen) atoms. The molecule has 1 saturated carbocycles. The minimum atomic E-state index is -0.175. The summed E-state index contributed by atoms with van der Waals surface area (Å²) in [6.45, 7) is 1.28. The van der Waals surface area contributed by atoms with E-state index < -0.39 is 0 Å². The predicted octanol–water partition coefficient (Wildman–Crippen LogP) is 4.89. The third-order valence-corrected chi connectivity index (χ3v) is 5.56. The average molecular weight is 388 g/mol. The van der Waals surface area contributed by atoms with Gasteiger partial charge < -0.3 is 9.80 Å². The molecule has 150 valence electrons. The van der Waals surface area contributed by atoms with Gasteiger partial charge in [0, 0.05) is 32.4 Å². The number of nitriles is 1. The van der Waals surface area contributed by atoms with Crippen LogP contribution in [-0.2, 0) is 17.9 Å². The van der Waals surface area contributed by atoms with Crippen LogP contribution < -0.4 is 0 Å². The Morgan fingerprint density at radius 2 is 1.48 bits per heavy atom. The van der Waals surface area contributed by atoms with Crippen molar-refractivity contribution >= 4 is 5.91 Å². The smallest absolute Gasteiger partial charge is 0.265 e. The Labute approximate surface area is 174 Å². The van der Waals surface area contributed by atoms with E-state index in [0.717, 1.165) is 36.8 Å². The highest BCUT2D eigenvalue weighted by atomic mass is 16.2. The lowest BCUT2D eigenvalue weighted by Crippen LogP contribution is -2.39. The highest BCUT2D eigenvalue weighted by Crippen LogP contribution is 2.23. The van der Waals surface area contributed by atoms with Crippen molar-refractivity contribution in [1.82, 2.24) is 9.80 Å². The van der Waals surface area contributed by atoms with Crippen LogP contribution in [0.25, 0.3) is 0 Å². The monoisotopic (exact) mass is 387 g/mol. The Hall–Kier alpha value is -3.06. The molecule has 0 unspecified atom stereocenters. The lowest BCUT2D eigenvalue weighted by molar-refractivity contribution is -0.128. The first-order valence-electron chi connectivity index (χ1n) is 10.4. The molecule has 0 aliphatic heterocycles. The third kappa shape index (κ3) is 5.96. The van der Waals surface area contributed by atoms with Crippen molar-refractivity contribution < 1.29 is 4.79 Å². The van der Waals surface area contributed by atoms with E-state index in [4.69, 9.17) is 0 Å². The Morgan fingerprint density at radius 1 is 0.966 bits per heavy atom. The Morgan fingerprint density at radius 3 is 1.97 bits per heavy atom. The van der Waals surface area contributed by atoms with Gasteiger partial charge in [-0.2, -0.15) is 5.26 Å². The molecule has 1 aliphatic carbocycles. The molecule has 1 amide bonds. The molecule has 0 saturated heterocycles. The van der Waals surface area contributed by atoms with Crippen LogP contribution in [0, 0.1) is 11.3 Å². The van der Waals surface area contributed by atoms with Crippen LogP contribution in [-0.4, -0.2) is 28.8 Å². The average Bonchev–Trinajstić information content (AvgIpc) is 2.78. The molecule has 4 heteroatoms. The highest BCUT2D eigenvalue weighted by molar-refractivity contribution is 5.97. The molecule has 0 N–H and O–H groups in total. The van der Waals surface area contributed by atoms with Crippen LogP contribution in [0.5, 0.6) is 0 Å². The van der Waals surface area contributed by atoms with Crippen molar-refractivity contribution in [2.75, 3.05) is 7.05 Å². The van der Waals surface area contributed by atoms with E-state index in [-0.39, 0.29) is 17.5 Å². The maximum atomic E-state index is 13.0. The number of amides is 1. The summed E-state index contributed by atoms with van der Waals surface area (Å²) in [6.07, 6.45) is 7.34. The molecular formula is C25H29N3O. The number of benzene rings is 2. The van der Waals surface area contributed by atoms with Crippen molar-refractivity contribution in [3.05, 3.63) is 83.6 Å². The summed E-state index contributed by atoms with van der Waals surface area (Å²) in [7, 11) is 1.84. The van der Waals surface area contributed by atoms with Crippen molar-refractivity contribution in [3.63, 3.8) is 0 Å². The zero-order chi connectivity index (χ0) is 20.5. The first-order valence-corrected chi connectivity index (χ1v) is 10.4. The maximum Gasteiger partial charge on any atom is 0.265 e. The number of carbonyl (C=O) groups is 1. The fourth-order valence-electron chi connectivity index (χ4n) is 3.92. The van der Waals surface area contributed by atoms with Crippen LogP contribution in [0.2, 0.25) is 0 Å². The molecule has 0 bridgehead atoms. The Balaban J connectivity index is 1.80. The molecule has 0 spiro atoms. The summed E-state index contributed by atoms with van der Waals surface area (Å²) < 4.78 is 0. The van der Waals surface area contributed by atoms with Crippen LogP contribution >= 0.6 is 0 Å². The van der Waals surface area contributed by atoms with Gasteiger partial charge in [0.15, 0.2) is 0 Å². The lowest BCUT2D eigenvalue weighted by atomic mass is 9.94. The van der Waals surface area contributed by atoms with Crippen LogP contribution in [0.3, 0.4) is 0 Å². The zero-order valence-corrected chi connectivity index (χ0v) is 17.1. The topological polar surface area (TPSA) is 47.3 Å². The van der Waals surface area contributed by atoms with Crippen LogP contribution in [0.15, 0.2) is 72.4 Å². The number of nitrogens with zero attached hydrogens (tertiary/aromatic N) is 3. The molecule has 3 rings (SSSR count). The van der Waals surface area contributed by atoms with E-state index in [1.807, 2.05) is 43.4 Å². The largest absolute Gasteiger partial charge is 0.367 e. The van der Waals surface area contributed by atoms with Crippen molar-refractivity contribution in [3.8, 4) is 6.07 Å². The minimum Gasteiger partial charge on any atom is -0.367 e. The number of hydrogen-bond acceptors (Lipinski definition) is 3. The molecule has 2 aromatic carbocycles. The van der Waals surface area contributed by atoms with Crippen molar-refractivity contribution in [2.45, 2.75) is 51.2 Å². The molecule has 0 radical (unpaired) electrons. The Kier molecular flexibility index (Phi) is 7.47. The molecule has 1 aliphatic rings. The number of hydrogen-bond donors (Lipinski definition) is 0. The fourth-order valence-corrected chi connectivity index (χ4v) is 3.92. The molecule has 2 aromatic rings. The summed E-state index contributed by atoms with van der Waals surface area (Å²) in [4.78, 5) is 16.8. The first kappa shape index (κ1) is 20.7. The molecule has 0 heterocycles. The van der Waals surface area contributed by atoms with Gasteiger partial charge in [-0.15, -0.1) is 0 Å². The number of rotatable bonds is 7. The van der Waals surface area contributed by atoms with E-state index >= 15 is 0 Å². The van der Waals surface area contributed by atoms with Crippen molar-refractivity contribution in [1.29, 1.82) is 5.26 Å². The van der Waals surface area contributed by atoms with E-state index in [1.54, 1.807) is 11.1 Å². The standard InChI is InChI=1S/C25H29N3O/c1-27(24-15-9-4-10-16-24)25(29)23(17-26)20-28(18-21-11-5-2-6-12-21)19-22-13-7-3-8-14-22/h2-3,5-8,11-14,20,24H,4,9-10,15-16,18-19H2,1H3/b23-20-. The molecular weight excluding hydrogens is 358 g/mol. The van der Waals surface area contributed by atoms with E-state index in [0.29, 0.717) is 13.1 Å². The normalized spacial score (nSPS) is 14.8. The molecule has 1 fully saturated rings. The summed E-state index contributed by atoms with van der Waals surface area (Å²) in [6, 6.07) is 22.7. The van der Waals surface area contributed by atoms with Gasteiger partial charge >= 0.3 is 0 Å². The summed E-state index contributed by atoms with van der Waals surface area (Å²) >= 11 is 0. The van der Waals surface area contributed by atoms with Crippen LogP contribution in [0.1, 0.15) is 43.2 Å². The second-order valence-electron chi connectivity index (χ2n) is 7.74. The fraction of sp³-hybridized carbons (Fsp3) is 0.360. The summed E-state index contributed by atoms with van der Waals surface area (Å²) in [5, 5.41) is 9.73. The molecule has 4 nitrogen and oxygen atoms in total. The predicted molar refractivity (Wildman–Crippen MR) is 115 cm³/mol. The Bertz CT molecular complexity index is 807. The number of carbonyl (C=O) groups excluding carboxylic acids is 1. The summed E-state index contributed by atoms with van der Waals surface area (Å²) in [5.41, 5.74) is 2.49.